The van der Waals surface area contributed by atoms with Gasteiger partial charge >= 0.3 is 6.09 Å². The maximum absolute atomic E-state index is 12.4. The van der Waals surface area contributed by atoms with Gasteiger partial charge in [0.1, 0.15) is 10.8 Å². The summed E-state index contributed by atoms with van der Waals surface area (Å²) in [5, 5.41) is 8.13. The third-order valence-electron chi connectivity index (χ3n) is 6.05. The van der Waals surface area contributed by atoms with Crippen molar-refractivity contribution in [2.45, 2.75) is 64.6 Å². The molecule has 2 aromatic rings. The SMILES string of the molecule is C[C@H]1C[C@H](NC(=O)OC(C)(C)C)CN(c2cc(Cl)ncc2-c2cnn(C3CCOCC3)c2)C1. The first-order valence-corrected chi connectivity index (χ1v) is 12.1. The first-order valence-electron chi connectivity index (χ1n) is 11.7. The average Bonchev–Trinajstić information content (AvgIpc) is 3.22. The number of halogens is 1. The van der Waals surface area contributed by atoms with E-state index in [1.54, 1.807) is 0 Å². The highest BCUT2D eigenvalue weighted by atomic mass is 35.5. The van der Waals surface area contributed by atoms with E-state index in [2.05, 4.69) is 33.4 Å². The van der Waals surface area contributed by atoms with Crippen molar-refractivity contribution in [2.24, 2.45) is 5.92 Å². The van der Waals surface area contributed by atoms with Gasteiger partial charge in [0, 0.05) is 61.6 Å². The van der Waals surface area contributed by atoms with Gasteiger partial charge in [-0.25, -0.2) is 9.78 Å². The van der Waals surface area contributed by atoms with E-state index < -0.39 is 5.60 Å². The molecule has 0 radical (unpaired) electrons. The Balaban J connectivity index is 1.55. The number of nitrogens with one attached hydrogen (secondary N) is 1. The first kappa shape index (κ1) is 23.8. The fourth-order valence-electron chi connectivity index (χ4n) is 4.66. The molecule has 0 bridgehead atoms. The quantitative estimate of drug-likeness (QED) is 0.646. The van der Waals surface area contributed by atoms with E-state index in [1.807, 2.05) is 43.9 Å². The number of carbonyl (C=O) groups excluding carboxylic acids is 1. The van der Waals surface area contributed by atoms with Crippen LogP contribution in [0.25, 0.3) is 11.1 Å². The number of hydrogen-bond acceptors (Lipinski definition) is 6. The van der Waals surface area contributed by atoms with Crippen LogP contribution in [0.4, 0.5) is 10.5 Å². The van der Waals surface area contributed by atoms with Crippen molar-refractivity contribution in [1.29, 1.82) is 0 Å². The number of alkyl carbamates (subject to hydrolysis) is 1. The number of piperidine rings is 1. The highest BCUT2D eigenvalue weighted by Gasteiger charge is 2.29. The summed E-state index contributed by atoms with van der Waals surface area (Å²) in [5.41, 5.74) is 2.47. The molecule has 2 aromatic heterocycles. The van der Waals surface area contributed by atoms with Gasteiger partial charge in [0.15, 0.2) is 0 Å². The summed E-state index contributed by atoms with van der Waals surface area (Å²) in [4.78, 5) is 19.0. The zero-order chi connectivity index (χ0) is 23.6. The van der Waals surface area contributed by atoms with E-state index in [9.17, 15) is 4.79 Å². The van der Waals surface area contributed by atoms with E-state index in [0.29, 0.717) is 23.7 Å². The minimum atomic E-state index is -0.527. The molecule has 4 heterocycles. The summed E-state index contributed by atoms with van der Waals surface area (Å²) in [5.74, 6) is 0.392. The molecular formula is C24H34ClN5O3. The van der Waals surface area contributed by atoms with Crippen LogP contribution in [-0.2, 0) is 9.47 Å². The van der Waals surface area contributed by atoms with Gasteiger partial charge in [-0.15, -0.1) is 0 Å². The smallest absolute Gasteiger partial charge is 0.407 e. The van der Waals surface area contributed by atoms with E-state index >= 15 is 0 Å². The molecule has 33 heavy (non-hydrogen) atoms. The van der Waals surface area contributed by atoms with E-state index in [4.69, 9.17) is 21.1 Å². The predicted octanol–water partition coefficient (Wildman–Crippen LogP) is 4.69. The van der Waals surface area contributed by atoms with Gasteiger partial charge in [-0.2, -0.15) is 5.10 Å². The van der Waals surface area contributed by atoms with Crippen LogP contribution in [0.5, 0.6) is 0 Å². The third kappa shape index (κ3) is 6.18. The molecule has 0 aliphatic carbocycles. The highest BCUT2D eigenvalue weighted by Crippen LogP contribution is 2.35. The topological polar surface area (TPSA) is 81.5 Å². The molecule has 1 amide bonds. The predicted molar refractivity (Wildman–Crippen MR) is 129 cm³/mol. The van der Waals surface area contributed by atoms with Crippen LogP contribution in [0.3, 0.4) is 0 Å². The first-order chi connectivity index (χ1) is 15.7. The molecule has 0 spiro atoms. The maximum Gasteiger partial charge on any atom is 0.407 e. The van der Waals surface area contributed by atoms with Crippen molar-refractivity contribution in [2.75, 3.05) is 31.2 Å². The Hall–Kier alpha value is -2.32. The number of amides is 1. The van der Waals surface area contributed by atoms with Crippen molar-refractivity contribution in [3.8, 4) is 11.1 Å². The lowest BCUT2D eigenvalue weighted by Crippen LogP contribution is -2.51. The molecule has 0 aromatic carbocycles. The molecule has 2 fully saturated rings. The lowest BCUT2D eigenvalue weighted by molar-refractivity contribution is 0.0495. The van der Waals surface area contributed by atoms with Crippen LogP contribution in [-0.4, -0.2) is 58.8 Å². The number of ether oxygens (including phenoxy) is 2. The number of anilines is 1. The van der Waals surface area contributed by atoms with Crippen LogP contribution in [0.2, 0.25) is 5.15 Å². The Labute approximate surface area is 200 Å². The van der Waals surface area contributed by atoms with Crippen molar-refractivity contribution < 1.29 is 14.3 Å². The standard InChI is InChI=1S/C24H34ClN5O3/c1-16-9-18(28-23(31)33-24(2,3)4)15-29(13-16)21-10-22(25)26-12-20(21)17-11-27-30(14-17)19-5-7-32-8-6-19/h10-12,14,16,18-19H,5-9,13,15H2,1-4H3,(H,28,31)/t16-,18-/m0/s1. The van der Waals surface area contributed by atoms with Gasteiger partial charge in [0.25, 0.3) is 0 Å². The molecule has 0 unspecified atom stereocenters. The number of carbonyl (C=O) groups is 1. The van der Waals surface area contributed by atoms with Crippen molar-refractivity contribution in [3.63, 3.8) is 0 Å². The molecular weight excluding hydrogens is 442 g/mol. The molecule has 0 saturated carbocycles. The van der Waals surface area contributed by atoms with Crippen molar-refractivity contribution >= 4 is 23.4 Å². The second-order valence-electron chi connectivity index (χ2n) is 10.2. The number of aromatic nitrogens is 3. The number of pyridine rings is 1. The maximum atomic E-state index is 12.4. The van der Waals surface area contributed by atoms with Gasteiger partial charge in [0.2, 0.25) is 0 Å². The second kappa shape index (κ2) is 9.89. The third-order valence-corrected chi connectivity index (χ3v) is 6.25. The Morgan fingerprint density at radius 3 is 2.73 bits per heavy atom. The zero-order valence-corrected chi connectivity index (χ0v) is 20.6. The van der Waals surface area contributed by atoms with E-state index in [-0.39, 0.29) is 12.1 Å². The lowest BCUT2D eigenvalue weighted by atomic mass is 9.94. The lowest BCUT2D eigenvalue weighted by Gasteiger charge is -2.39. The number of rotatable bonds is 4. The molecule has 9 heteroatoms. The molecule has 2 saturated heterocycles. The van der Waals surface area contributed by atoms with E-state index in [0.717, 1.165) is 55.8 Å². The summed E-state index contributed by atoms with van der Waals surface area (Å²) in [6, 6.07) is 2.24. The monoisotopic (exact) mass is 475 g/mol. The van der Waals surface area contributed by atoms with Gasteiger partial charge in [-0.1, -0.05) is 18.5 Å². The summed E-state index contributed by atoms with van der Waals surface area (Å²) >= 11 is 6.32. The minimum absolute atomic E-state index is 0.0200. The van der Waals surface area contributed by atoms with Gasteiger partial charge in [-0.3, -0.25) is 4.68 Å². The zero-order valence-electron chi connectivity index (χ0n) is 19.9. The Morgan fingerprint density at radius 1 is 1.24 bits per heavy atom. The second-order valence-corrected chi connectivity index (χ2v) is 10.6. The van der Waals surface area contributed by atoms with Gasteiger partial charge in [0.05, 0.1) is 12.2 Å². The van der Waals surface area contributed by atoms with Crippen LogP contribution < -0.4 is 10.2 Å². The number of hydrogen-bond donors (Lipinski definition) is 1. The molecule has 4 rings (SSSR count). The average molecular weight is 476 g/mol. The Kier molecular flexibility index (Phi) is 7.14. The van der Waals surface area contributed by atoms with Crippen molar-refractivity contribution in [1.82, 2.24) is 20.1 Å². The van der Waals surface area contributed by atoms with Gasteiger partial charge < -0.3 is 19.7 Å². The normalized spacial score (nSPS) is 22.3. The summed E-state index contributed by atoms with van der Waals surface area (Å²) in [6.45, 7) is 10.9. The van der Waals surface area contributed by atoms with Crippen molar-refractivity contribution in [3.05, 3.63) is 29.8 Å². The van der Waals surface area contributed by atoms with E-state index in [1.165, 1.54) is 0 Å². The fraction of sp³-hybridized carbons (Fsp3) is 0.625. The molecule has 2 atom stereocenters. The fourth-order valence-corrected chi connectivity index (χ4v) is 4.81. The molecule has 1 N–H and O–H groups in total. The molecule has 2 aliphatic rings. The van der Waals surface area contributed by atoms with Crippen LogP contribution in [0, 0.1) is 5.92 Å². The Bertz CT molecular complexity index is 967. The minimum Gasteiger partial charge on any atom is -0.444 e. The van der Waals surface area contributed by atoms with Gasteiger partial charge in [-0.05, 0) is 52.0 Å². The summed E-state index contributed by atoms with van der Waals surface area (Å²) in [6.07, 6.45) is 8.25. The molecule has 8 nitrogen and oxygen atoms in total. The number of nitrogens with zero attached hydrogens (tertiary/aromatic N) is 4. The van der Waals surface area contributed by atoms with Crippen LogP contribution in [0.1, 0.15) is 53.0 Å². The summed E-state index contributed by atoms with van der Waals surface area (Å²) < 4.78 is 13.0. The van der Waals surface area contributed by atoms with Crippen LogP contribution >= 0.6 is 11.6 Å². The highest BCUT2D eigenvalue weighted by molar-refractivity contribution is 6.29. The molecule has 180 valence electrons. The van der Waals surface area contributed by atoms with Crippen LogP contribution in [0.15, 0.2) is 24.7 Å². The summed E-state index contributed by atoms with van der Waals surface area (Å²) in [7, 11) is 0. The molecule has 2 aliphatic heterocycles. The largest absolute Gasteiger partial charge is 0.444 e. The Morgan fingerprint density at radius 2 is 2.00 bits per heavy atom.